The van der Waals surface area contributed by atoms with Crippen LogP contribution in [0.15, 0.2) is 158 Å². The molecule has 0 fully saturated rings. The van der Waals surface area contributed by atoms with Crippen LogP contribution < -0.4 is 0 Å². The maximum absolute atomic E-state index is 4.74. The van der Waals surface area contributed by atoms with E-state index in [0.717, 1.165) is 16.8 Å². The van der Waals surface area contributed by atoms with Crippen molar-refractivity contribution >= 4 is 21.5 Å². The predicted octanol–water partition coefficient (Wildman–Crippen LogP) is 10.5. The zero-order valence-electron chi connectivity index (χ0n) is 24.4. The minimum atomic E-state index is -0.438. The summed E-state index contributed by atoms with van der Waals surface area (Å²) in [6.07, 6.45) is 5.75. The lowest BCUT2D eigenvalue weighted by Gasteiger charge is -2.31. The summed E-state index contributed by atoms with van der Waals surface area (Å²) in [5.41, 5.74) is 14.5. The molecular formula is C43H26N2. The third-order valence-corrected chi connectivity index (χ3v) is 9.99. The molecule has 2 heteroatoms. The standard InChI is InChI=1S/C43H26N2/c1-2-12-30-27(11-1)20-21-38-41(30)42-34-16-4-3-13-31(34)35(28-23-29(26-44-25-28)40-19-9-10-22-45-40)24-39(42)43(38)36-17-7-5-14-32(36)33-15-6-8-18-37(33)43/h1-26H. The Balaban J connectivity index is 1.39. The van der Waals surface area contributed by atoms with E-state index in [1.165, 1.54) is 71.6 Å². The zero-order chi connectivity index (χ0) is 29.5. The molecule has 0 saturated carbocycles. The van der Waals surface area contributed by atoms with Crippen LogP contribution >= 0.6 is 0 Å². The van der Waals surface area contributed by atoms with Crippen molar-refractivity contribution in [1.82, 2.24) is 9.97 Å². The summed E-state index contributed by atoms with van der Waals surface area (Å²) in [7, 11) is 0. The highest BCUT2D eigenvalue weighted by Gasteiger charge is 2.52. The van der Waals surface area contributed by atoms with E-state index in [9.17, 15) is 0 Å². The van der Waals surface area contributed by atoms with Crippen molar-refractivity contribution < 1.29 is 0 Å². The minimum absolute atomic E-state index is 0.438. The Morgan fingerprint density at radius 2 is 1.07 bits per heavy atom. The Bertz CT molecular complexity index is 2450. The number of nitrogens with zero attached hydrogens (tertiary/aromatic N) is 2. The van der Waals surface area contributed by atoms with E-state index in [-0.39, 0.29) is 0 Å². The van der Waals surface area contributed by atoms with E-state index in [1.807, 2.05) is 36.8 Å². The molecule has 0 N–H and O–H groups in total. The van der Waals surface area contributed by atoms with Crippen LogP contribution in [0.2, 0.25) is 0 Å². The van der Waals surface area contributed by atoms with Gasteiger partial charge in [0.05, 0.1) is 11.1 Å². The van der Waals surface area contributed by atoms with Crippen LogP contribution in [0.1, 0.15) is 22.3 Å². The molecule has 0 saturated heterocycles. The molecule has 45 heavy (non-hydrogen) atoms. The Morgan fingerprint density at radius 3 is 1.84 bits per heavy atom. The third kappa shape index (κ3) is 3.18. The van der Waals surface area contributed by atoms with Crippen LogP contribution in [0.4, 0.5) is 0 Å². The molecule has 0 unspecified atom stereocenters. The first-order valence-electron chi connectivity index (χ1n) is 15.5. The van der Waals surface area contributed by atoms with Crippen LogP contribution in [0, 0.1) is 0 Å². The number of rotatable bonds is 2. The molecule has 8 aromatic rings. The summed E-state index contributed by atoms with van der Waals surface area (Å²) in [4.78, 5) is 9.37. The Morgan fingerprint density at radius 1 is 0.422 bits per heavy atom. The van der Waals surface area contributed by atoms with Gasteiger partial charge in [-0.15, -0.1) is 0 Å². The van der Waals surface area contributed by atoms with Gasteiger partial charge >= 0.3 is 0 Å². The van der Waals surface area contributed by atoms with Gasteiger partial charge in [-0.25, -0.2) is 0 Å². The molecule has 2 aliphatic rings. The lowest BCUT2D eigenvalue weighted by Crippen LogP contribution is -2.26. The van der Waals surface area contributed by atoms with Gasteiger partial charge in [0.25, 0.3) is 0 Å². The van der Waals surface area contributed by atoms with E-state index in [0.29, 0.717) is 0 Å². The second-order valence-electron chi connectivity index (χ2n) is 12.1. The summed E-state index contributed by atoms with van der Waals surface area (Å²) < 4.78 is 0. The van der Waals surface area contributed by atoms with Crippen LogP contribution in [0.5, 0.6) is 0 Å². The molecule has 2 nitrogen and oxygen atoms in total. The molecular weight excluding hydrogens is 544 g/mol. The highest BCUT2D eigenvalue weighted by Crippen LogP contribution is 2.65. The smallest absolute Gasteiger partial charge is 0.0726 e. The summed E-state index contributed by atoms with van der Waals surface area (Å²) >= 11 is 0. The van der Waals surface area contributed by atoms with Crippen LogP contribution in [-0.4, -0.2) is 9.97 Å². The largest absolute Gasteiger partial charge is 0.263 e. The van der Waals surface area contributed by atoms with E-state index in [1.54, 1.807) is 0 Å². The molecule has 1 spiro atoms. The third-order valence-electron chi connectivity index (χ3n) is 9.99. The average Bonchev–Trinajstić information content (AvgIpc) is 3.59. The van der Waals surface area contributed by atoms with Crippen molar-refractivity contribution in [2.45, 2.75) is 5.41 Å². The highest BCUT2D eigenvalue weighted by atomic mass is 14.7. The van der Waals surface area contributed by atoms with Gasteiger partial charge in [-0.3, -0.25) is 9.97 Å². The Hall–Kier alpha value is -5.86. The van der Waals surface area contributed by atoms with Crippen molar-refractivity contribution in [3.8, 4) is 44.6 Å². The first-order valence-corrected chi connectivity index (χ1v) is 15.5. The molecule has 0 atom stereocenters. The normalized spacial score (nSPS) is 13.5. The predicted molar refractivity (Wildman–Crippen MR) is 184 cm³/mol. The van der Waals surface area contributed by atoms with Crippen molar-refractivity contribution in [1.29, 1.82) is 0 Å². The van der Waals surface area contributed by atoms with Gasteiger partial charge in [0.15, 0.2) is 0 Å². The lowest BCUT2D eigenvalue weighted by atomic mass is 9.70. The maximum Gasteiger partial charge on any atom is 0.0726 e. The van der Waals surface area contributed by atoms with E-state index >= 15 is 0 Å². The number of benzene rings is 6. The second kappa shape index (κ2) is 9.07. The summed E-state index contributed by atoms with van der Waals surface area (Å²) in [5, 5.41) is 5.06. The number of hydrogen-bond acceptors (Lipinski definition) is 2. The second-order valence-corrected chi connectivity index (χ2v) is 12.1. The number of fused-ring (bicyclic) bond motifs is 14. The number of aromatic nitrogens is 2. The van der Waals surface area contributed by atoms with Gasteiger partial charge in [0.2, 0.25) is 0 Å². The van der Waals surface area contributed by atoms with Crippen LogP contribution in [0.3, 0.4) is 0 Å². The number of hydrogen-bond donors (Lipinski definition) is 0. The first-order chi connectivity index (χ1) is 22.3. The van der Waals surface area contributed by atoms with Crippen molar-refractivity contribution in [2.75, 3.05) is 0 Å². The lowest BCUT2D eigenvalue weighted by molar-refractivity contribution is 0.795. The summed E-state index contributed by atoms with van der Waals surface area (Å²) in [6.45, 7) is 0. The van der Waals surface area contributed by atoms with Crippen molar-refractivity contribution in [3.63, 3.8) is 0 Å². The van der Waals surface area contributed by atoms with Gasteiger partial charge in [0, 0.05) is 29.7 Å². The fraction of sp³-hybridized carbons (Fsp3) is 0.0233. The quantitative estimate of drug-likeness (QED) is 0.207. The molecule has 10 rings (SSSR count). The van der Waals surface area contributed by atoms with Gasteiger partial charge in [0.1, 0.15) is 0 Å². The Labute approximate surface area is 261 Å². The fourth-order valence-corrected chi connectivity index (χ4v) is 8.25. The van der Waals surface area contributed by atoms with Crippen molar-refractivity contribution in [2.24, 2.45) is 0 Å². The molecule has 2 aromatic heterocycles. The monoisotopic (exact) mass is 570 g/mol. The maximum atomic E-state index is 4.74. The molecule has 0 amide bonds. The van der Waals surface area contributed by atoms with E-state index in [4.69, 9.17) is 4.98 Å². The minimum Gasteiger partial charge on any atom is -0.263 e. The van der Waals surface area contributed by atoms with Crippen LogP contribution in [0.25, 0.3) is 66.2 Å². The van der Waals surface area contributed by atoms with Gasteiger partial charge in [-0.2, -0.15) is 0 Å². The number of pyridine rings is 2. The molecule has 0 aliphatic heterocycles. The molecule has 2 heterocycles. The molecule has 6 aromatic carbocycles. The van der Waals surface area contributed by atoms with Gasteiger partial charge in [-0.05, 0) is 95.9 Å². The molecule has 0 radical (unpaired) electrons. The van der Waals surface area contributed by atoms with Crippen molar-refractivity contribution in [3.05, 3.63) is 180 Å². The first kappa shape index (κ1) is 24.6. The Kier molecular flexibility index (Phi) is 4.95. The molecule has 208 valence electrons. The van der Waals surface area contributed by atoms with Gasteiger partial charge < -0.3 is 0 Å². The van der Waals surface area contributed by atoms with E-state index in [2.05, 4.69) is 126 Å². The topological polar surface area (TPSA) is 25.8 Å². The van der Waals surface area contributed by atoms with E-state index < -0.39 is 5.41 Å². The van der Waals surface area contributed by atoms with Gasteiger partial charge in [-0.1, -0.05) is 115 Å². The summed E-state index contributed by atoms with van der Waals surface area (Å²) in [6, 6.07) is 51.3. The molecule has 2 aliphatic carbocycles. The highest BCUT2D eigenvalue weighted by molar-refractivity contribution is 6.16. The SMILES string of the molecule is c1ccc(-c2cncc(-c3cc4c(c5ccccc35)-c3c(ccc5ccccc35)C43c4ccccc4-c4ccccc43)c2)nc1. The van der Waals surface area contributed by atoms with Crippen LogP contribution in [-0.2, 0) is 5.41 Å². The average molecular weight is 571 g/mol. The summed E-state index contributed by atoms with van der Waals surface area (Å²) in [5.74, 6) is 0. The zero-order valence-corrected chi connectivity index (χ0v) is 24.4. The fourth-order valence-electron chi connectivity index (χ4n) is 8.25. The molecule has 0 bridgehead atoms.